The molecule has 2 aromatic carbocycles. The Balaban J connectivity index is 1.94. The van der Waals surface area contributed by atoms with Crippen LogP contribution in [0, 0.1) is 0 Å². The van der Waals surface area contributed by atoms with E-state index in [-0.39, 0.29) is 4.90 Å². The number of nitrogens with zero attached hydrogens (tertiary/aromatic N) is 3. The summed E-state index contributed by atoms with van der Waals surface area (Å²) in [5.41, 5.74) is 1.26. The van der Waals surface area contributed by atoms with Gasteiger partial charge in [-0.05, 0) is 31.3 Å². The summed E-state index contributed by atoms with van der Waals surface area (Å²) in [6.07, 6.45) is 1.22. The molecule has 2 aliphatic rings. The molecule has 2 heterocycles. The monoisotopic (exact) mass is 371 g/mol. The molecule has 0 atom stereocenters. The van der Waals surface area contributed by atoms with E-state index in [4.69, 9.17) is 9.73 Å². The van der Waals surface area contributed by atoms with Gasteiger partial charge in [0.05, 0.1) is 10.5 Å². The topological polar surface area (TPSA) is 62.2 Å². The molecule has 0 spiro atoms. The molecule has 2 aromatic rings. The van der Waals surface area contributed by atoms with E-state index in [1.807, 2.05) is 24.3 Å². The van der Waals surface area contributed by atoms with Crippen molar-refractivity contribution in [2.75, 3.05) is 39.5 Å². The molecule has 1 saturated heterocycles. The Morgan fingerprint density at radius 1 is 0.962 bits per heavy atom. The molecule has 0 aliphatic carbocycles. The molecule has 0 radical (unpaired) electrons. The number of ether oxygens (including phenoxy) is 1. The first-order chi connectivity index (χ1) is 12.4. The second kappa shape index (κ2) is 6.41. The molecule has 0 saturated carbocycles. The fraction of sp³-hybridized carbons (Fsp3) is 0.316. The lowest BCUT2D eigenvalue weighted by atomic mass is 10.1. The molecule has 26 heavy (non-hydrogen) atoms. The highest BCUT2D eigenvalue weighted by Gasteiger charge is 2.29. The van der Waals surface area contributed by atoms with Crippen molar-refractivity contribution in [3.05, 3.63) is 48.0 Å². The number of amidine groups is 1. The average Bonchev–Trinajstić information content (AvgIpc) is 2.78. The van der Waals surface area contributed by atoms with Crippen molar-refractivity contribution in [3.63, 3.8) is 0 Å². The summed E-state index contributed by atoms with van der Waals surface area (Å²) in [4.78, 5) is 9.49. The molecule has 0 unspecified atom stereocenters. The Kier molecular flexibility index (Phi) is 4.20. The molecule has 0 N–H and O–H groups in total. The van der Waals surface area contributed by atoms with Crippen LogP contribution in [0.15, 0.2) is 52.4 Å². The van der Waals surface area contributed by atoms with Crippen molar-refractivity contribution < 1.29 is 13.2 Å². The fourth-order valence-electron chi connectivity index (χ4n) is 3.30. The Labute approximate surface area is 153 Å². The number of likely N-dealkylation sites (N-methyl/N-ethyl adjacent to an activating group) is 1. The molecule has 6 nitrogen and oxygen atoms in total. The second-order valence-corrected chi connectivity index (χ2v) is 8.68. The number of rotatable bonds is 1. The lowest BCUT2D eigenvalue weighted by Gasteiger charge is -2.35. The van der Waals surface area contributed by atoms with Crippen molar-refractivity contribution in [1.29, 1.82) is 0 Å². The van der Waals surface area contributed by atoms with E-state index in [1.165, 1.54) is 6.26 Å². The van der Waals surface area contributed by atoms with E-state index in [0.29, 0.717) is 28.6 Å². The first-order valence-electron chi connectivity index (χ1n) is 8.56. The normalized spacial score (nSPS) is 17.6. The molecule has 7 heteroatoms. The minimum Gasteiger partial charge on any atom is -0.454 e. The van der Waals surface area contributed by atoms with Gasteiger partial charge in [-0.2, -0.15) is 0 Å². The largest absolute Gasteiger partial charge is 0.454 e. The molecule has 2 aliphatic heterocycles. The van der Waals surface area contributed by atoms with Crippen LogP contribution in [-0.4, -0.2) is 63.5 Å². The maximum atomic E-state index is 12.4. The predicted octanol–water partition coefficient (Wildman–Crippen LogP) is 2.52. The number of para-hydroxylation sites is 2. The summed E-state index contributed by atoms with van der Waals surface area (Å²) < 4.78 is 30.9. The maximum absolute atomic E-state index is 12.4. The first-order valence-corrected chi connectivity index (χ1v) is 10.4. The first kappa shape index (κ1) is 17.1. The second-order valence-electron chi connectivity index (χ2n) is 6.70. The summed E-state index contributed by atoms with van der Waals surface area (Å²) in [7, 11) is -1.34. The minimum absolute atomic E-state index is 0.250. The van der Waals surface area contributed by atoms with Gasteiger partial charge in [0.15, 0.2) is 15.6 Å². The van der Waals surface area contributed by atoms with Gasteiger partial charge >= 0.3 is 0 Å². The molecular weight excluding hydrogens is 350 g/mol. The third-order valence-corrected chi connectivity index (χ3v) is 5.86. The zero-order valence-electron chi connectivity index (χ0n) is 14.8. The highest BCUT2D eigenvalue weighted by atomic mass is 32.2. The van der Waals surface area contributed by atoms with Gasteiger partial charge in [-0.3, -0.25) is 0 Å². The lowest BCUT2D eigenvalue weighted by molar-refractivity contribution is 0.215. The van der Waals surface area contributed by atoms with Crippen molar-refractivity contribution >= 4 is 21.4 Å². The molecule has 0 aromatic heterocycles. The summed E-state index contributed by atoms with van der Waals surface area (Å²) in [5, 5.41) is 0. The zero-order chi connectivity index (χ0) is 18.3. The van der Waals surface area contributed by atoms with E-state index in [9.17, 15) is 8.42 Å². The molecule has 0 bridgehead atoms. The number of aliphatic imine (C=N–C) groups is 1. The Morgan fingerprint density at radius 3 is 2.38 bits per heavy atom. The smallest absolute Gasteiger partial charge is 0.176 e. The number of sulfone groups is 1. The number of hydrogen-bond acceptors (Lipinski definition) is 6. The van der Waals surface area contributed by atoms with Gasteiger partial charge in [0, 0.05) is 32.4 Å². The fourth-order valence-corrected chi connectivity index (χ4v) is 4.19. The third kappa shape index (κ3) is 3.08. The van der Waals surface area contributed by atoms with Gasteiger partial charge in [0.1, 0.15) is 17.3 Å². The number of hydrogen-bond donors (Lipinski definition) is 0. The maximum Gasteiger partial charge on any atom is 0.176 e. The zero-order valence-corrected chi connectivity index (χ0v) is 15.7. The number of piperazine rings is 1. The van der Waals surface area contributed by atoms with Crippen LogP contribution in [0.2, 0.25) is 0 Å². The van der Waals surface area contributed by atoms with Crippen molar-refractivity contribution in [3.8, 4) is 11.5 Å². The number of benzene rings is 2. The Bertz CT molecular complexity index is 977. The SMILES string of the molecule is CN1CCN(C2=Nc3ccccc3Oc3cccc(S(C)(=O)=O)c32)CC1. The van der Waals surface area contributed by atoms with Crippen LogP contribution in [-0.2, 0) is 9.84 Å². The van der Waals surface area contributed by atoms with Gasteiger partial charge in [0.25, 0.3) is 0 Å². The van der Waals surface area contributed by atoms with E-state index in [1.54, 1.807) is 18.2 Å². The van der Waals surface area contributed by atoms with Gasteiger partial charge in [-0.1, -0.05) is 18.2 Å². The van der Waals surface area contributed by atoms with E-state index >= 15 is 0 Å². The van der Waals surface area contributed by atoms with Crippen molar-refractivity contribution in [1.82, 2.24) is 9.80 Å². The predicted molar refractivity (Wildman–Crippen MR) is 101 cm³/mol. The van der Waals surface area contributed by atoms with Gasteiger partial charge < -0.3 is 14.5 Å². The van der Waals surface area contributed by atoms with Crippen molar-refractivity contribution in [2.45, 2.75) is 4.90 Å². The summed E-state index contributed by atoms with van der Waals surface area (Å²) in [6, 6.07) is 12.7. The molecule has 4 rings (SSSR count). The summed E-state index contributed by atoms with van der Waals surface area (Å²) in [6.45, 7) is 3.37. The van der Waals surface area contributed by atoms with Crippen LogP contribution < -0.4 is 4.74 Å². The molecule has 1 fully saturated rings. The lowest BCUT2D eigenvalue weighted by Crippen LogP contribution is -2.47. The van der Waals surface area contributed by atoms with Gasteiger partial charge in [0.2, 0.25) is 0 Å². The van der Waals surface area contributed by atoms with Crippen LogP contribution >= 0.6 is 0 Å². The summed E-state index contributed by atoms with van der Waals surface area (Å²) >= 11 is 0. The standard InChI is InChI=1S/C19H21N3O3S/c1-21-10-12-22(13-11-21)19-18-16(8-5-9-17(18)26(2,23)24)25-15-7-4-3-6-14(15)20-19/h3-9H,10-13H2,1-2H3. The highest BCUT2D eigenvalue weighted by molar-refractivity contribution is 7.90. The Morgan fingerprint density at radius 2 is 1.65 bits per heavy atom. The van der Waals surface area contributed by atoms with E-state index < -0.39 is 9.84 Å². The van der Waals surface area contributed by atoms with Crippen LogP contribution in [0.25, 0.3) is 0 Å². The quantitative estimate of drug-likeness (QED) is 0.771. The third-order valence-electron chi connectivity index (χ3n) is 4.73. The highest BCUT2D eigenvalue weighted by Crippen LogP contribution is 2.40. The minimum atomic E-state index is -3.43. The van der Waals surface area contributed by atoms with Crippen LogP contribution in [0.1, 0.15) is 5.56 Å². The van der Waals surface area contributed by atoms with Gasteiger partial charge in [-0.15, -0.1) is 0 Å². The van der Waals surface area contributed by atoms with Crippen molar-refractivity contribution in [2.24, 2.45) is 4.99 Å². The van der Waals surface area contributed by atoms with E-state index in [2.05, 4.69) is 16.8 Å². The van der Waals surface area contributed by atoms with Crippen LogP contribution in [0.3, 0.4) is 0 Å². The van der Waals surface area contributed by atoms with E-state index in [0.717, 1.165) is 26.2 Å². The molecule has 0 amide bonds. The number of fused-ring (bicyclic) bond motifs is 2. The Hall–Kier alpha value is -2.38. The van der Waals surface area contributed by atoms with Crippen LogP contribution in [0.4, 0.5) is 5.69 Å². The van der Waals surface area contributed by atoms with Crippen LogP contribution in [0.5, 0.6) is 11.5 Å². The van der Waals surface area contributed by atoms with Gasteiger partial charge in [-0.25, -0.2) is 13.4 Å². The summed E-state index contributed by atoms with van der Waals surface area (Å²) in [5.74, 6) is 1.82. The average molecular weight is 371 g/mol. The molecule has 136 valence electrons. The molecular formula is C19H21N3O3S.